The number of phenolic OH excluding ortho intramolecular Hbond substituents is 2. The molecule has 0 spiro atoms. The minimum absolute atomic E-state index is 0.0478. The molecule has 1 saturated heterocycles. The average Bonchev–Trinajstić information content (AvgIpc) is 2.73. The van der Waals surface area contributed by atoms with Gasteiger partial charge in [0.05, 0.1) is 12.2 Å². The molecule has 1 fully saturated rings. The van der Waals surface area contributed by atoms with Crippen LogP contribution in [0.2, 0.25) is 0 Å². The van der Waals surface area contributed by atoms with E-state index in [0.717, 1.165) is 6.07 Å². The normalized spacial score (nSPS) is 26.6. The predicted molar refractivity (Wildman–Crippen MR) is 104 cm³/mol. The van der Waals surface area contributed by atoms with Crippen molar-refractivity contribution in [2.45, 2.75) is 30.7 Å². The molecule has 160 valence electrons. The second-order valence-corrected chi connectivity index (χ2v) is 6.78. The molecule has 1 heterocycles. The maximum absolute atomic E-state index is 12.2. The molecule has 2 aromatic carbocycles. The molecule has 0 amide bonds. The van der Waals surface area contributed by atoms with Crippen molar-refractivity contribution in [3.8, 4) is 17.2 Å². The van der Waals surface area contributed by atoms with Gasteiger partial charge in [-0.05, 0) is 35.9 Å². The third-order valence-corrected chi connectivity index (χ3v) is 4.65. The molecule has 5 atom stereocenters. The summed E-state index contributed by atoms with van der Waals surface area (Å²) in [5.74, 6) is -0.635. The first-order valence-electron chi connectivity index (χ1n) is 9.12. The van der Waals surface area contributed by atoms with Gasteiger partial charge in [0, 0.05) is 6.07 Å². The van der Waals surface area contributed by atoms with Crippen LogP contribution in [0.5, 0.6) is 17.2 Å². The van der Waals surface area contributed by atoms with E-state index in [2.05, 4.69) is 0 Å². The van der Waals surface area contributed by atoms with Crippen LogP contribution in [-0.4, -0.2) is 73.7 Å². The summed E-state index contributed by atoms with van der Waals surface area (Å²) in [6, 6.07) is 10.0. The maximum atomic E-state index is 12.2. The number of aromatic hydroxyl groups is 2. The Hall–Kier alpha value is -2.95. The highest BCUT2D eigenvalue weighted by atomic mass is 16.7. The largest absolute Gasteiger partial charge is 0.508 e. The van der Waals surface area contributed by atoms with Gasteiger partial charge >= 0.3 is 0 Å². The van der Waals surface area contributed by atoms with E-state index in [-0.39, 0.29) is 17.1 Å². The van der Waals surface area contributed by atoms with Gasteiger partial charge in [-0.3, -0.25) is 4.79 Å². The molecule has 1 aliphatic rings. The van der Waals surface area contributed by atoms with Gasteiger partial charge < -0.3 is 40.1 Å². The van der Waals surface area contributed by atoms with Crippen molar-refractivity contribution in [2.75, 3.05) is 6.61 Å². The van der Waals surface area contributed by atoms with E-state index in [9.17, 15) is 35.4 Å². The number of carbonyl (C=O) groups excluding carboxylic acids is 1. The smallest absolute Gasteiger partial charge is 0.229 e. The Kier molecular flexibility index (Phi) is 6.70. The van der Waals surface area contributed by atoms with Crippen LogP contribution in [0.1, 0.15) is 15.9 Å². The molecule has 0 radical (unpaired) electrons. The number of aliphatic hydroxyl groups excluding tert-OH is 4. The van der Waals surface area contributed by atoms with Crippen LogP contribution in [0, 0.1) is 0 Å². The van der Waals surface area contributed by atoms with E-state index < -0.39 is 43.1 Å². The summed E-state index contributed by atoms with van der Waals surface area (Å²) in [5.41, 5.74) is 0.689. The lowest BCUT2D eigenvalue weighted by Gasteiger charge is -2.39. The van der Waals surface area contributed by atoms with E-state index >= 15 is 0 Å². The molecular weight excluding hydrogens is 396 g/mol. The average molecular weight is 418 g/mol. The predicted octanol–water partition coefficient (Wildman–Crippen LogP) is 0.173. The summed E-state index contributed by atoms with van der Waals surface area (Å²) in [6.07, 6.45) is -4.10. The van der Waals surface area contributed by atoms with Crippen LogP contribution in [0.15, 0.2) is 48.5 Å². The van der Waals surface area contributed by atoms with E-state index in [1.54, 1.807) is 24.3 Å². The molecule has 0 aliphatic carbocycles. The molecule has 2 aromatic rings. The van der Waals surface area contributed by atoms with Gasteiger partial charge in [0.15, 0.2) is 5.78 Å². The Morgan fingerprint density at radius 2 is 1.70 bits per heavy atom. The van der Waals surface area contributed by atoms with Gasteiger partial charge in [-0.1, -0.05) is 18.2 Å². The minimum Gasteiger partial charge on any atom is -0.508 e. The zero-order valence-electron chi connectivity index (χ0n) is 15.7. The van der Waals surface area contributed by atoms with Crippen molar-refractivity contribution < 1.29 is 44.9 Å². The minimum atomic E-state index is -1.54. The monoisotopic (exact) mass is 418 g/mol. The fourth-order valence-electron chi connectivity index (χ4n) is 2.95. The van der Waals surface area contributed by atoms with Crippen molar-refractivity contribution in [3.05, 3.63) is 59.7 Å². The highest BCUT2D eigenvalue weighted by Crippen LogP contribution is 2.25. The fraction of sp³-hybridized carbons (Fsp3) is 0.286. The number of rotatable bonds is 6. The SMILES string of the molecule is O=C(/C=C/c1ccc(O[C@H]2O[C@@H](CO)[C@H](O)[C@H](O)[C@@H]2O)cc1)c1ccc(O)cc1O. The lowest BCUT2D eigenvalue weighted by Crippen LogP contribution is -2.60. The highest BCUT2D eigenvalue weighted by molar-refractivity contribution is 6.08. The van der Waals surface area contributed by atoms with Gasteiger partial charge in [0.1, 0.15) is 41.7 Å². The van der Waals surface area contributed by atoms with E-state index in [0.29, 0.717) is 11.3 Å². The van der Waals surface area contributed by atoms with Crippen LogP contribution in [0.3, 0.4) is 0 Å². The van der Waals surface area contributed by atoms with Crippen LogP contribution < -0.4 is 4.74 Å². The van der Waals surface area contributed by atoms with Gasteiger partial charge in [-0.2, -0.15) is 0 Å². The lowest BCUT2D eigenvalue weighted by molar-refractivity contribution is -0.277. The van der Waals surface area contributed by atoms with Gasteiger partial charge in [0.2, 0.25) is 6.29 Å². The topological polar surface area (TPSA) is 157 Å². The van der Waals surface area contributed by atoms with Gasteiger partial charge in [-0.15, -0.1) is 0 Å². The lowest BCUT2D eigenvalue weighted by atomic mass is 9.99. The Balaban J connectivity index is 1.65. The maximum Gasteiger partial charge on any atom is 0.229 e. The number of phenols is 2. The molecule has 0 aromatic heterocycles. The molecule has 0 unspecified atom stereocenters. The Labute approximate surface area is 171 Å². The molecule has 0 bridgehead atoms. The number of allylic oxidation sites excluding steroid dienone is 1. The molecule has 0 saturated carbocycles. The van der Waals surface area contributed by atoms with Crippen LogP contribution >= 0.6 is 0 Å². The first kappa shape index (κ1) is 21.8. The quantitative estimate of drug-likeness (QED) is 0.284. The fourth-order valence-corrected chi connectivity index (χ4v) is 2.95. The highest BCUT2D eigenvalue weighted by Gasteiger charge is 2.44. The van der Waals surface area contributed by atoms with Gasteiger partial charge in [-0.25, -0.2) is 0 Å². The van der Waals surface area contributed by atoms with Crippen LogP contribution in [-0.2, 0) is 4.74 Å². The third-order valence-electron chi connectivity index (χ3n) is 4.65. The van der Waals surface area contributed by atoms with Crippen LogP contribution in [0.4, 0.5) is 0 Å². The number of carbonyl (C=O) groups is 1. The molecular formula is C21H22O9. The molecule has 30 heavy (non-hydrogen) atoms. The summed E-state index contributed by atoms with van der Waals surface area (Å²) in [4.78, 5) is 12.2. The summed E-state index contributed by atoms with van der Waals surface area (Å²) >= 11 is 0. The molecule has 9 nitrogen and oxygen atoms in total. The Morgan fingerprint density at radius 3 is 2.33 bits per heavy atom. The first-order chi connectivity index (χ1) is 14.3. The standard InChI is InChI=1S/C21H22O9/c22-10-17-18(26)19(27)20(28)21(30-17)29-13-5-1-11(2-6-13)3-8-15(24)14-7-4-12(23)9-16(14)25/h1-9,17-23,25-28H,10H2/b8-3+/t17-,18-,19-,20-,21-/m0/s1. The number of aliphatic hydroxyl groups is 4. The molecule has 9 heteroatoms. The van der Waals surface area contributed by atoms with Crippen molar-refractivity contribution >= 4 is 11.9 Å². The molecule has 1 aliphatic heterocycles. The summed E-state index contributed by atoms with van der Waals surface area (Å²) in [6.45, 7) is -0.556. The van der Waals surface area contributed by atoms with E-state index in [4.69, 9.17) is 9.47 Å². The third kappa shape index (κ3) is 4.78. The molecule has 6 N–H and O–H groups in total. The van der Waals surface area contributed by atoms with Crippen molar-refractivity contribution in [1.82, 2.24) is 0 Å². The summed E-state index contributed by atoms with van der Waals surface area (Å²) in [5, 5.41) is 57.8. The Bertz CT molecular complexity index is 907. The first-order valence-corrected chi connectivity index (χ1v) is 9.12. The zero-order chi connectivity index (χ0) is 21.8. The number of benzene rings is 2. The van der Waals surface area contributed by atoms with Crippen LogP contribution in [0.25, 0.3) is 6.08 Å². The number of hydrogen-bond donors (Lipinski definition) is 6. The zero-order valence-corrected chi connectivity index (χ0v) is 15.7. The second kappa shape index (κ2) is 9.24. The van der Waals surface area contributed by atoms with E-state index in [1.165, 1.54) is 24.3 Å². The van der Waals surface area contributed by atoms with Crippen molar-refractivity contribution in [2.24, 2.45) is 0 Å². The van der Waals surface area contributed by atoms with Crippen molar-refractivity contribution in [1.29, 1.82) is 0 Å². The van der Waals surface area contributed by atoms with E-state index in [1.807, 2.05) is 0 Å². The molecule has 3 rings (SSSR count). The number of ether oxygens (including phenoxy) is 2. The van der Waals surface area contributed by atoms with Gasteiger partial charge in [0.25, 0.3) is 0 Å². The second-order valence-electron chi connectivity index (χ2n) is 6.78. The van der Waals surface area contributed by atoms with Crippen molar-refractivity contribution in [3.63, 3.8) is 0 Å². The number of hydrogen-bond acceptors (Lipinski definition) is 9. The summed E-state index contributed by atoms with van der Waals surface area (Å²) < 4.78 is 10.8. The summed E-state index contributed by atoms with van der Waals surface area (Å²) in [7, 11) is 0. The Morgan fingerprint density at radius 1 is 1.00 bits per heavy atom. The number of ketones is 1.